The highest BCUT2D eigenvalue weighted by molar-refractivity contribution is 5.56. The number of hydrogen-bond acceptors (Lipinski definition) is 3. The van der Waals surface area contributed by atoms with E-state index in [9.17, 15) is 0 Å². The summed E-state index contributed by atoms with van der Waals surface area (Å²) in [6, 6.07) is 8.15. The van der Waals surface area contributed by atoms with Crippen LogP contribution in [-0.2, 0) is 0 Å². The Hall–Kier alpha value is -1.90. The van der Waals surface area contributed by atoms with Crippen molar-refractivity contribution in [2.24, 2.45) is 5.92 Å². The molecule has 1 aromatic heterocycles. The van der Waals surface area contributed by atoms with E-state index >= 15 is 0 Å². The van der Waals surface area contributed by atoms with Gasteiger partial charge in [-0.3, -0.25) is 0 Å². The first kappa shape index (κ1) is 19.9. The van der Waals surface area contributed by atoms with Crippen molar-refractivity contribution in [3.8, 4) is 17.1 Å². The summed E-state index contributed by atoms with van der Waals surface area (Å²) in [4.78, 5) is 9.29. The molecule has 3 heteroatoms. The standard InChI is InChI=1S/C24H34N2O/c1-3-5-6-16-27-23-14-12-21(13-15-23)24-25-17-22(18-26-24)20-10-8-19(7-4-2)9-11-20/h12-15,17-20H,3-11,16H2,1-2H3/t19-,20-. The minimum Gasteiger partial charge on any atom is -0.494 e. The molecule has 0 radical (unpaired) electrons. The van der Waals surface area contributed by atoms with E-state index in [1.807, 2.05) is 24.5 Å². The van der Waals surface area contributed by atoms with Gasteiger partial charge in [-0.05, 0) is 73.8 Å². The van der Waals surface area contributed by atoms with E-state index in [2.05, 4.69) is 35.9 Å². The summed E-state index contributed by atoms with van der Waals surface area (Å²) < 4.78 is 5.78. The van der Waals surface area contributed by atoms with Gasteiger partial charge < -0.3 is 4.74 Å². The smallest absolute Gasteiger partial charge is 0.159 e. The predicted molar refractivity (Wildman–Crippen MR) is 112 cm³/mol. The molecule has 146 valence electrons. The maximum atomic E-state index is 5.78. The van der Waals surface area contributed by atoms with Crippen LogP contribution in [0.5, 0.6) is 5.75 Å². The Kier molecular flexibility index (Phi) is 7.67. The number of nitrogens with zero attached hydrogens (tertiary/aromatic N) is 2. The van der Waals surface area contributed by atoms with Crippen molar-refractivity contribution >= 4 is 0 Å². The van der Waals surface area contributed by atoms with E-state index in [4.69, 9.17) is 4.74 Å². The zero-order valence-corrected chi connectivity index (χ0v) is 17.0. The average Bonchev–Trinajstić information content (AvgIpc) is 2.73. The van der Waals surface area contributed by atoms with Crippen molar-refractivity contribution in [2.75, 3.05) is 6.61 Å². The average molecular weight is 367 g/mol. The summed E-state index contributed by atoms with van der Waals surface area (Å²) in [7, 11) is 0. The molecular weight excluding hydrogens is 332 g/mol. The van der Waals surface area contributed by atoms with Crippen LogP contribution >= 0.6 is 0 Å². The first-order chi connectivity index (χ1) is 13.3. The summed E-state index contributed by atoms with van der Waals surface area (Å²) in [5, 5.41) is 0. The van der Waals surface area contributed by atoms with Crippen molar-refractivity contribution in [1.29, 1.82) is 0 Å². The molecule has 0 unspecified atom stereocenters. The molecule has 1 heterocycles. The molecule has 1 aliphatic rings. The summed E-state index contributed by atoms with van der Waals surface area (Å²) in [6.45, 7) is 5.29. The third kappa shape index (κ3) is 5.79. The molecule has 0 atom stereocenters. The van der Waals surface area contributed by atoms with Gasteiger partial charge >= 0.3 is 0 Å². The number of aromatic nitrogens is 2. The first-order valence-corrected chi connectivity index (χ1v) is 10.8. The second kappa shape index (κ2) is 10.4. The van der Waals surface area contributed by atoms with Crippen molar-refractivity contribution in [3.05, 3.63) is 42.2 Å². The molecule has 0 aliphatic heterocycles. The second-order valence-electron chi connectivity index (χ2n) is 7.93. The van der Waals surface area contributed by atoms with Crippen LogP contribution in [-0.4, -0.2) is 16.6 Å². The lowest BCUT2D eigenvalue weighted by atomic mass is 9.78. The van der Waals surface area contributed by atoms with E-state index in [0.717, 1.165) is 36.1 Å². The van der Waals surface area contributed by atoms with Crippen LogP contribution in [0, 0.1) is 5.92 Å². The number of hydrogen-bond donors (Lipinski definition) is 0. The Morgan fingerprint density at radius 3 is 2.22 bits per heavy atom. The molecule has 27 heavy (non-hydrogen) atoms. The van der Waals surface area contributed by atoms with Gasteiger partial charge in [0.15, 0.2) is 5.82 Å². The van der Waals surface area contributed by atoms with Gasteiger partial charge in [0, 0.05) is 18.0 Å². The zero-order valence-electron chi connectivity index (χ0n) is 17.0. The zero-order chi connectivity index (χ0) is 18.9. The number of benzene rings is 1. The van der Waals surface area contributed by atoms with Crippen LogP contribution in [0.4, 0.5) is 0 Å². The molecule has 0 saturated heterocycles. The Labute approximate surface area is 164 Å². The molecule has 1 aliphatic carbocycles. The number of rotatable bonds is 9. The summed E-state index contributed by atoms with van der Waals surface area (Å²) in [5.74, 6) is 3.31. The van der Waals surface area contributed by atoms with E-state index in [-0.39, 0.29) is 0 Å². The lowest BCUT2D eigenvalue weighted by Crippen LogP contribution is -2.13. The molecule has 0 spiro atoms. The SMILES string of the molecule is CCCCCOc1ccc(-c2ncc([C@H]3CC[C@H](CCC)CC3)cn2)cc1. The van der Waals surface area contributed by atoms with Crippen molar-refractivity contribution in [1.82, 2.24) is 9.97 Å². The molecule has 1 aromatic carbocycles. The molecule has 0 N–H and O–H groups in total. The van der Waals surface area contributed by atoms with Crippen molar-refractivity contribution in [2.45, 2.75) is 77.6 Å². The normalized spacial score (nSPS) is 19.8. The predicted octanol–water partition coefficient (Wildman–Crippen LogP) is 6.79. The van der Waals surface area contributed by atoms with Crippen LogP contribution in [0.2, 0.25) is 0 Å². The summed E-state index contributed by atoms with van der Waals surface area (Å²) in [6.07, 6.45) is 15.6. The lowest BCUT2D eigenvalue weighted by Gasteiger charge is -2.28. The van der Waals surface area contributed by atoms with E-state index in [0.29, 0.717) is 5.92 Å². The van der Waals surface area contributed by atoms with Gasteiger partial charge in [-0.15, -0.1) is 0 Å². The monoisotopic (exact) mass is 366 g/mol. The fourth-order valence-electron chi connectivity index (χ4n) is 4.13. The third-order valence-corrected chi connectivity index (χ3v) is 5.82. The first-order valence-electron chi connectivity index (χ1n) is 10.8. The molecule has 3 nitrogen and oxygen atoms in total. The topological polar surface area (TPSA) is 35.0 Å². The van der Waals surface area contributed by atoms with Gasteiger partial charge in [0.25, 0.3) is 0 Å². The molecule has 0 bridgehead atoms. The summed E-state index contributed by atoms with van der Waals surface area (Å²) in [5.41, 5.74) is 2.36. The van der Waals surface area contributed by atoms with Gasteiger partial charge in [-0.2, -0.15) is 0 Å². The van der Waals surface area contributed by atoms with E-state index in [1.165, 1.54) is 56.9 Å². The Balaban J connectivity index is 1.54. The van der Waals surface area contributed by atoms with Crippen LogP contribution in [0.1, 0.15) is 83.1 Å². The van der Waals surface area contributed by atoms with Crippen LogP contribution in [0.15, 0.2) is 36.7 Å². The molecule has 1 fully saturated rings. The van der Waals surface area contributed by atoms with Crippen LogP contribution in [0.25, 0.3) is 11.4 Å². The van der Waals surface area contributed by atoms with E-state index < -0.39 is 0 Å². The largest absolute Gasteiger partial charge is 0.494 e. The van der Waals surface area contributed by atoms with Crippen molar-refractivity contribution < 1.29 is 4.74 Å². The highest BCUT2D eigenvalue weighted by atomic mass is 16.5. The van der Waals surface area contributed by atoms with Gasteiger partial charge in [-0.25, -0.2) is 9.97 Å². The van der Waals surface area contributed by atoms with Crippen LogP contribution < -0.4 is 4.74 Å². The maximum absolute atomic E-state index is 5.78. The number of unbranched alkanes of at least 4 members (excludes halogenated alkanes) is 2. The van der Waals surface area contributed by atoms with E-state index in [1.54, 1.807) is 0 Å². The quantitative estimate of drug-likeness (QED) is 0.458. The molecular formula is C24H34N2O. The lowest BCUT2D eigenvalue weighted by molar-refractivity contribution is 0.306. The molecule has 3 rings (SSSR count). The van der Waals surface area contributed by atoms with Gasteiger partial charge in [0.1, 0.15) is 5.75 Å². The fourth-order valence-corrected chi connectivity index (χ4v) is 4.13. The summed E-state index contributed by atoms with van der Waals surface area (Å²) >= 11 is 0. The molecule has 0 amide bonds. The fraction of sp³-hybridized carbons (Fsp3) is 0.583. The maximum Gasteiger partial charge on any atom is 0.159 e. The Morgan fingerprint density at radius 2 is 1.59 bits per heavy atom. The minimum atomic E-state index is 0.644. The second-order valence-corrected chi connectivity index (χ2v) is 7.93. The van der Waals surface area contributed by atoms with Crippen molar-refractivity contribution in [3.63, 3.8) is 0 Å². The van der Waals surface area contributed by atoms with Gasteiger partial charge in [0.05, 0.1) is 6.61 Å². The Morgan fingerprint density at radius 1 is 0.889 bits per heavy atom. The highest BCUT2D eigenvalue weighted by Gasteiger charge is 2.22. The molecule has 2 aromatic rings. The van der Waals surface area contributed by atoms with Gasteiger partial charge in [0.2, 0.25) is 0 Å². The Bertz CT molecular complexity index is 658. The minimum absolute atomic E-state index is 0.644. The van der Waals surface area contributed by atoms with Gasteiger partial charge in [-0.1, -0.05) is 39.5 Å². The molecule has 1 saturated carbocycles. The van der Waals surface area contributed by atoms with Crippen LogP contribution in [0.3, 0.4) is 0 Å². The third-order valence-electron chi connectivity index (χ3n) is 5.82. The highest BCUT2D eigenvalue weighted by Crippen LogP contribution is 2.37. The number of ether oxygens (including phenoxy) is 1.